The van der Waals surface area contributed by atoms with E-state index in [1.165, 1.54) is 30.1 Å². The molecule has 0 aliphatic carbocycles. The summed E-state index contributed by atoms with van der Waals surface area (Å²) in [6.07, 6.45) is 5.56. The maximum absolute atomic E-state index is 5.48. The summed E-state index contributed by atoms with van der Waals surface area (Å²) in [5.41, 5.74) is 0. The normalized spacial score (nSPS) is 9.75. The Morgan fingerprint density at radius 1 is 1.25 bits per heavy atom. The molecule has 0 aliphatic heterocycles. The molecule has 1 nitrogen and oxygen atoms in total. The number of hydrogen-bond donors (Lipinski definition) is 1. The summed E-state index contributed by atoms with van der Waals surface area (Å²) in [6.45, 7) is 2.24. The van der Waals surface area contributed by atoms with Gasteiger partial charge in [-0.05, 0) is 0 Å². The third-order valence-corrected chi connectivity index (χ3v) is 3.01. The van der Waals surface area contributed by atoms with Gasteiger partial charge in [0.15, 0.2) is 0 Å². The molecular weight excluding hydrogens is 205 g/mol. The molecule has 0 bridgehead atoms. The molecule has 2 N–H and O–H groups in total. The van der Waals surface area contributed by atoms with Gasteiger partial charge in [-0.2, -0.15) is 0 Å². The molecule has 0 aliphatic rings. The van der Waals surface area contributed by atoms with Crippen molar-refractivity contribution in [3.63, 3.8) is 0 Å². The molecule has 0 amide bonds. The van der Waals surface area contributed by atoms with Gasteiger partial charge in [-0.15, -0.1) is 0 Å². The Morgan fingerprint density at radius 3 is 2.50 bits per heavy atom. The molecule has 0 aromatic rings. The summed E-state index contributed by atoms with van der Waals surface area (Å²) < 4.78 is 6.86. The first kappa shape index (κ1) is 8.76. The van der Waals surface area contributed by atoms with Gasteiger partial charge < -0.3 is 0 Å². The Labute approximate surface area is 62.6 Å². The minimum atomic E-state index is -0.333. The van der Waals surface area contributed by atoms with Crippen molar-refractivity contribution in [2.45, 2.75) is 37.0 Å². The van der Waals surface area contributed by atoms with E-state index in [2.05, 4.69) is 6.92 Å². The van der Waals surface area contributed by atoms with Gasteiger partial charge >= 0.3 is 62.4 Å². The van der Waals surface area contributed by atoms with E-state index in [1.807, 2.05) is 0 Å². The summed E-state index contributed by atoms with van der Waals surface area (Å²) in [7, 11) is 0. The van der Waals surface area contributed by atoms with Crippen LogP contribution in [0.5, 0.6) is 0 Å². The monoisotopic (exact) mass is 221 g/mol. The second kappa shape index (κ2) is 7.76. The molecular formula is C6H15NSn. The van der Waals surface area contributed by atoms with Crippen molar-refractivity contribution in [2.24, 2.45) is 3.96 Å². The van der Waals surface area contributed by atoms with E-state index in [-0.39, 0.29) is 21.4 Å². The zero-order valence-corrected chi connectivity index (χ0v) is 8.47. The molecule has 2 radical (unpaired) electrons. The van der Waals surface area contributed by atoms with Crippen LogP contribution in [-0.4, -0.2) is 21.4 Å². The van der Waals surface area contributed by atoms with E-state index in [1.54, 1.807) is 0 Å². The van der Waals surface area contributed by atoms with Crippen LogP contribution >= 0.6 is 0 Å². The van der Waals surface area contributed by atoms with Crippen LogP contribution in [0.15, 0.2) is 0 Å². The third-order valence-electron chi connectivity index (χ3n) is 1.17. The van der Waals surface area contributed by atoms with E-state index < -0.39 is 0 Å². The standard InChI is InChI=1S/C6H13.H2N.Sn/c1-3-5-6-4-2;;/h1,3-6H2,2H3;1H2;/q;-1;+1. The summed E-state index contributed by atoms with van der Waals surface area (Å²) in [4.78, 5) is 0. The van der Waals surface area contributed by atoms with Crippen LogP contribution in [0.25, 0.3) is 0 Å². The fourth-order valence-electron chi connectivity index (χ4n) is 0.654. The molecule has 0 unspecified atom stereocenters. The van der Waals surface area contributed by atoms with Crippen molar-refractivity contribution in [1.29, 1.82) is 0 Å². The molecule has 0 rings (SSSR count). The average Bonchev–Trinajstić information content (AvgIpc) is 1.81. The van der Waals surface area contributed by atoms with Gasteiger partial charge in [-0.25, -0.2) is 0 Å². The molecule has 8 heavy (non-hydrogen) atoms. The summed E-state index contributed by atoms with van der Waals surface area (Å²) >= 11 is -0.333. The van der Waals surface area contributed by atoms with Gasteiger partial charge in [0.1, 0.15) is 0 Å². The van der Waals surface area contributed by atoms with Crippen LogP contribution in [0, 0.1) is 0 Å². The fourth-order valence-corrected chi connectivity index (χ4v) is 1.95. The molecule has 0 saturated carbocycles. The number of unbranched alkanes of at least 4 members (excludes halogenated alkanes) is 3. The Kier molecular flexibility index (Phi) is 8.49. The van der Waals surface area contributed by atoms with Crippen molar-refractivity contribution in [3.8, 4) is 0 Å². The number of rotatable bonds is 5. The topological polar surface area (TPSA) is 26.0 Å². The Bertz CT molecular complexity index is 33.5. The van der Waals surface area contributed by atoms with Crippen LogP contribution in [-0.2, 0) is 0 Å². The fraction of sp³-hybridized carbons (Fsp3) is 1.00. The van der Waals surface area contributed by atoms with E-state index in [9.17, 15) is 0 Å². The Hall–Kier alpha value is 0.759. The molecule has 0 aromatic carbocycles. The van der Waals surface area contributed by atoms with Gasteiger partial charge in [-0.3, -0.25) is 0 Å². The molecule has 2 heteroatoms. The van der Waals surface area contributed by atoms with Crippen molar-refractivity contribution in [2.75, 3.05) is 0 Å². The average molecular weight is 220 g/mol. The Morgan fingerprint density at radius 2 is 2.00 bits per heavy atom. The Balaban J connectivity index is 2.53. The van der Waals surface area contributed by atoms with E-state index in [4.69, 9.17) is 3.96 Å². The summed E-state index contributed by atoms with van der Waals surface area (Å²) in [6, 6.07) is 0. The minimum absolute atomic E-state index is 0.333. The van der Waals surface area contributed by atoms with Crippen LogP contribution in [0.1, 0.15) is 32.6 Å². The first-order valence-corrected chi connectivity index (χ1v) is 7.02. The molecule has 48 valence electrons. The van der Waals surface area contributed by atoms with Gasteiger partial charge in [-0.1, -0.05) is 0 Å². The molecule has 0 heterocycles. The first-order valence-electron chi connectivity index (χ1n) is 3.35. The van der Waals surface area contributed by atoms with Crippen LogP contribution in [0.2, 0.25) is 4.44 Å². The van der Waals surface area contributed by atoms with Gasteiger partial charge in [0.2, 0.25) is 0 Å². The zero-order chi connectivity index (χ0) is 6.24. The van der Waals surface area contributed by atoms with Gasteiger partial charge in [0, 0.05) is 0 Å². The third kappa shape index (κ3) is 6.76. The summed E-state index contributed by atoms with van der Waals surface area (Å²) in [5, 5.41) is 0. The number of nitrogens with two attached hydrogens (primary N) is 1. The SMILES string of the molecule is CCCCC[CH2][Sn][NH2]. The maximum atomic E-state index is 5.48. The predicted octanol–water partition coefficient (Wildman–Crippen LogP) is 1.56. The first-order chi connectivity index (χ1) is 3.91. The second-order valence-electron chi connectivity index (χ2n) is 2.01. The molecule has 0 spiro atoms. The van der Waals surface area contributed by atoms with Crippen LogP contribution < -0.4 is 3.96 Å². The van der Waals surface area contributed by atoms with Crippen LogP contribution in [0.3, 0.4) is 0 Å². The zero-order valence-electron chi connectivity index (χ0n) is 5.61. The van der Waals surface area contributed by atoms with E-state index in [0.717, 1.165) is 0 Å². The van der Waals surface area contributed by atoms with E-state index in [0.29, 0.717) is 0 Å². The second-order valence-corrected chi connectivity index (χ2v) is 4.61. The summed E-state index contributed by atoms with van der Waals surface area (Å²) in [5.74, 6) is 0. The predicted molar refractivity (Wildman–Crippen MR) is 38.9 cm³/mol. The van der Waals surface area contributed by atoms with Crippen molar-refractivity contribution >= 4 is 21.4 Å². The van der Waals surface area contributed by atoms with Crippen molar-refractivity contribution in [1.82, 2.24) is 0 Å². The van der Waals surface area contributed by atoms with Crippen LogP contribution in [0.4, 0.5) is 0 Å². The van der Waals surface area contributed by atoms with Gasteiger partial charge in [0.25, 0.3) is 0 Å². The molecule has 0 saturated heterocycles. The molecule has 0 aromatic heterocycles. The van der Waals surface area contributed by atoms with Gasteiger partial charge in [0.05, 0.1) is 0 Å². The molecule has 0 fully saturated rings. The van der Waals surface area contributed by atoms with Crippen molar-refractivity contribution in [3.05, 3.63) is 0 Å². The molecule has 0 atom stereocenters. The number of hydrogen-bond acceptors (Lipinski definition) is 1. The quantitative estimate of drug-likeness (QED) is 0.552. The van der Waals surface area contributed by atoms with E-state index >= 15 is 0 Å². The van der Waals surface area contributed by atoms with Crippen molar-refractivity contribution < 1.29 is 0 Å².